The second-order valence-corrected chi connectivity index (χ2v) is 5.32. The molecule has 0 saturated carbocycles. The van der Waals surface area contributed by atoms with Gasteiger partial charge in [0.25, 0.3) is 0 Å². The average Bonchev–Trinajstić information content (AvgIpc) is 3.00. The van der Waals surface area contributed by atoms with Crippen LogP contribution in [-0.4, -0.2) is 36.2 Å². The summed E-state index contributed by atoms with van der Waals surface area (Å²) in [6.45, 7) is 0.601. The van der Waals surface area contributed by atoms with E-state index < -0.39 is 42.0 Å². The highest BCUT2D eigenvalue weighted by atomic mass is 19.4. The zero-order chi connectivity index (χ0) is 17.0. The number of carbonyl (C=O) groups is 2. The first-order valence-corrected chi connectivity index (χ1v) is 7.05. The molecule has 0 aliphatic carbocycles. The predicted octanol–water partition coefficient (Wildman–Crippen LogP) is 1.85. The quantitative estimate of drug-likeness (QED) is 0.863. The minimum atomic E-state index is -4.58. The van der Waals surface area contributed by atoms with Crippen molar-refractivity contribution in [2.45, 2.75) is 25.1 Å². The van der Waals surface area contributed by atoms with Crippen LogP contribution in [-0.2, 0) is 26.9 Å². The van der Waals surface area contributed by atoms with E-state index in [4.69, 9.17) is 4.74 Å². The summed E-state index contributed by atoms with van der Waals surface area (Å²) in [5, 5.41) is 11.5. The fourth-order valence-electron chi connectivity index (χ4n) is 2.43. The number of nitrogens with one attached hydrogen (secondary N) is 1. The third kappa shape index (κ3) is 4.44. The number of hydrogen-bond acceptors (Lipinski definition) is 3. The van der Waals surface area contributed by atoms with Crippen molar-refractivity contribution in [3.8, 4) is 0 Å². The molecule has 126 valence electrons. The summed E-state index contributed by atoms with van der Waals surface area (Å²) in [6, 6.07) is 3.31. The van der Waals surface area contributed by atoms with E-state index in [-0.39, 0.29) is 12.2 Å². The number of benzene rings is 1. The zero-order valence-electron chi connectivity index (χ0n) is 12.1. The topological polar surface area (TPSA) is 75.6 Å². The summed E-state index contributed by atoms with van der Waals surface area (Å²) in [5.41, 5.74) is -1.07. The molecule has 0 spiro atoms. The van der Waals surface area contributed by atoms with Gasteiger partial charge in [0.15, 0.2) is 0 Å². The monoisotopic (exact) mass is 331 g/mol. The lowest BCUT2D eigenvalue weighted by atomic mass is 9.99. The zero-order valence-corrected chi connectivity index (χ0v) is 12.1. The molecular formula is C15H16F3NO4. The highest BCUT2D eigenvalue weighted by Gasteiger charge is 2.35. The van der Waals surface area contributed by atoms with Crippen molar-refractivity contribution in [1.29, 1.82) is 0 Å². The molecule has 2 atom stereocenters. The van der Waals surface area contributed by atoms with Crippen LogP contribution in [0.5, 0.6) is 0 Å². The fraction of sp³-hybridized carbons (Fsp3) is 0.467. The predicted molar refractivity (Wildman–Crippen MR) is 73.6 cm³/mol. The Hall–Kier alpha value is -2.09. The van der Waals surface area contributed by atoms with Gasteiger partial charge in [-0.3, -0.25) is 4.79 Å². The number of alkyl halides is 3. The van der Waals surface area contributed by atoms with Crippen molar-refractivity contribution >= 4 is 11.9 Å². The second-order valence-electron chi connectivity index (χ2n) is 5.32. The second kappa shape index (κ2) is 6.99. The highest BCUT2D eigenvalue weighted by molar-refractivity contribution is 5.85. The van der Waals surface area contributed by atoms with Gasteiger partial charge >= 0.3 is 12.1 Å². The first-order valence-electron chi connectivity index (χ1n) is 7.05. The van der Waals surface area contributed by atoms with E-state index in [1.807, 2.05) is 0 Å². The smallest absolute Gasteiger partial charge is 0.416 e. The minimum Gasteiger partial charge on any atom is -0.480 e. The average molecular weight is 331 g/mol. The lowest BCUT2D eigenvalue weighted by molar-refractivity contribution is -0.143. The Labute approximate surface area is 130 Å². The Morgan fingerprint density at radius 3 is 2.61 bits per heavy atom. The number of halogens is 3. The number of carboxylic acid groups (broad SMARTS) is 1. The van der Waals surface area contributed by atoms with Crippen LogP contribution in [0, 0.1) is 5.92 Å². The number of hydrogen-bond donors (Lipinski definition) is 2. The van der Waals surface area contributed by atoms with E-state index in [9.17, 15) is 27.9 Å². The molecule has 1 aromatic carbocycles. The maximum absolute atomic E-state index is 13.0. The molecule has 0 unspecified atom stereocenters. The van der Waals surface area contributed by atoms with E-state index in [0.29, 0.717) is 13.0 Å². The summed E-state index contributed by atoms with van der Waals surface area (Å²) in [6.07, 6.45) is -4.55. The molecule has 0 radical (unpaired) electrons. The summed E-state index contributed by atoms with van der Waals surface area (Å²) in [7, 11) is 0. The SMILES string of the molecule is O=C(N[C@H](Cc1ccccc1C(F)(F)F)C(=O)O)[C@H]1CCOC1. The van der Waals surface area contributed by atoms with Crippen molar-refractivity contribution in [1.82, 2.24) is 5.32 Å². The van der Waals surface area contributed by atoms with Gasteiger partial charge in [0, 0.05) is 13.0 Å². The third-order valence-corrected chi connectivity index (χ3v) is 3.66. The summed E-state index contributed by atoms with van der Waals surface area (Å²) in [4.78, 5) is 23.2. The molecule has 2 N–H and O–H groups in total. The maximum atomic E-state index is 13.0. The van der Waals surface area contributed by atoms with Crippen LogP contribution in [0.3, 0.4) is 0 Å². The Morgan fingerprint density at radius 2 is 2.04 bits per heavy atom. The molecule has 2 rings (SSSR count). The molecule has 1 amide bonds. The normalized spacial score (nSPS) is 19.3. The molecule has 1 aliphatic rings. The highest BCUT2D eigenvalue weighted by Crippen LogP contribution is 2.32. The van der Waals surface area contributed by atoms with Crippen LogP contribution < -0.4 is 5.32 Å². The number of rotatable bonds is 5. The Morgan fingerprint density at radius 1 is 1.35 bits per heavy atom. The van der Waals surface area contributed by atoms with Gasteiger partial charge in [0.05, 0.1) is 18.1 Å². The van der Waals surface area contributed by atoms with Crippen LogP contribution in [0.4, 0.5) is 13.2 Å². The summed E-state index contributed by atoms with van der Waals surface area (Å²) < 4.78 is 43.9. The molecule has 1 heterocycles. The molecule has 1 saturated heterocycles. The van der Waals surface area contributed by atoms with Gasteiger partial charge < -0.3 is 15.2 Å². The fourth-order valence-corrected chi connectivity index (χ4v) is 2.43. The number of amides is 1. The van der Waals surface area contributed by atoms with Crippen molar-refractivity contribution in [2.24, 2.45) is 5.92 Å². The van der Waals surface area contributed by atoms with Gasteiger partial charge in [0.1, 0.15) is 6.04 Å². The summed E-state index contributed by atoms with van der Waals surface area (Å²) >= 11 is 0. The van der Waals surface area contributed by atoms with E-state index in [1.165, 1.54) is 18.2 Å². The van der Waals surface area contributed by atoms with E-state index in [2.05, 4.69) is 5.32 Å². The standard InChI is InChI=1S/C15H16F3NO4/c16-15(17,18)11-4-2-1-3-9(11)7-12(14(21)22)19-13(20)10-5-6-23-8-10/h1-4,10,12H,5-8H2,(H,19,20)(H,21,22)/t10-,12+/m0/s1. The third-order valence-electron chi connectivity index (χ3n) is 3.66. The Kier molecular flexibility index (Phi) is 5.25. The van der Waals surface area contributed by atoms with Crippen molar-refractivity contribution in [3.63, 3.8) is 0 Å². The molecule has 1 aromatic rings. The molecule has 0 aromatic heterocycles. The van der Waals surface area contributed by atoms with Gasteiger partial charge in [-0.2, -0.15) is 13.2 Å². The maximum Gasteiger partial charge on any atom is 0.416 e. The number of carbonyl (C=O) groups excluding carboxylic acids is 1. The molecule has 23 heavy (non-hydrogen) atoms. The molecule has 8 heteroatoms. The Bertz CT molecular complexity index is 582. The minimum absolute atomic E-state index is 0.171. The van der Waals surface area contributed by atoms with Gasteiger partial charge in [-0.25, -0.2) is 4.79 Å². The van der Waals surface area contributed by atoms with Crippen LogP contribution in [0.25, 0.3) is 0 Å². The van der Waals surface area contributed by atoms with Crippen LogP contribution in [0.15, 0.2) is 24.3 Å². The number of aliphatic carboxylic acids is 1. The van der Waals surface area contributed by atoms with Crippen LogP contribution in [0.2, 0.25) is 0 Å². The van der Waals surface area contributed by atoms with Gasteiger partial charge in [-0.15, -0.1) is 0 Å². The van der Waals surface area contributed by atoms with E-state index >= 15 is 0 Å². The molecule has 1 aliphatic heterocycles. The van der Waals surface area contributed by atoms with Crippen LogP contribution in [0.1, 0.15) is 17.5 Å². The van der Waals surface area contributed by atoms with Crippen molar-refractivity contribution in [2.75, 3.05) is 13.2 Å². The Balaban J connectivity index is 2.14. The van der Waals surface area contributed by atoms with E-state index in [0.717, 1.165) is 6.07 Å². The van der Waals surface area contributed by atoms with Gasteiger partial charge in [-0.05, 0) is 18.1 Å². The van der Waals surface area contributed by atoms with E-state index in [1.54, 1.807) is 0 Å². The number of carboxylic acids is 1. The number of ether oxygens (including phenoxy) is 1. The first kappa shape index (κ1) is 17.3. The largest absolute Gasteiger partial charge is 0.480 e. The lowest BCUT2D eigenvalue weighted by Crippen LogP contribution is -2.45. The first-order chi connectivity index (χ1) is 10.8. The van der Waals surface area contributed by atoms with Crippen molar-refractivity contribution < 1.29 is 32.6 Å². The van der Waals surface area contributed by atoms with Crippen molar-refractivity contribution in [3.05, 3.63) is 35.4 Å². The van der Waals surface area contributed by atoms with Gasteiger partial charge in [0.2, 0.25) is 5.91 Å². The van der Waals surface area contributed by atoms with Crippen LogP contribution >= 0.6 is 0 Å². The van der Waals surface area contributed by atoms with Gasteiger partial charge in [-0.1, -0.05) is 18.2 Å². The molecular weight excluding hydrogens is 315 g/mol. The molecule has 0 bridgehead atoms. The summed E-state index contributed by atoms with van der Waals surface area (Å²) in [5.74, 6) is -2.36. The molecule has 1 fully saturated rings. The lowest BCUT2D eigenvalue weighted by Gasteiger charge is -2.19. The molecule has 5 nitrogen and oxygen atoms in total.